The molecule has 1 aliphatic carbocycles. The van der Waals surface area contributed by atoms with E-state index in [0.29, 0.717) is 5.57 Å². The number of hydrogen-bond acceptors (Lipinski definition) is 5. The summed E-state index contributed by atoms with van der Waals surface area (Å²) in [5.41, 5.74) is -1.31. The standard InChI is InChI=1S/C15H16O5/c1-8-7-11(14(19)15(2,20)13(8)18)12(17)9-3-5-10(16)6-4-9/h3-7,14,16,18-20H,1-2H3. The summed E-state index contributed by atoms with van der Waals surface area (Å²) in [4.78, 5) is 12.3. The van der Waals surface area contributed by atoms with E-state index in [1.807, 2.05) is 0 Å². The summed E-state index contributed by atoms with van der Waals surface area (Å²) < 4.78 is 0. The van der Waals surface area contributed by atoms with Crippen LogP contribution in [0.15, 0.2) is 47.2 Å². The van der Waals surface area contributed by atoms with Crippen molar-refractivity contribution in [3.63, 3.8) is 0 Å². The molecule has 0 heterocycles. The molecule has 0 radical (unpaired) electrons. The first kappa shape index (κ1) is 14.3. The number of phenolic OH excluding ortho intramolecular Hbond substituents is 1. The normalized spacial score (nSPS) is 26.4. The molecule has 2 atom stereocenters. The first-order chi connectivity index (χ1) is 9.25. The monoisotopic (exact) mass is 276 g/mol. The molecule has 1 aliphatic rings. The molecule has 0 aliphatic heterocycles. The first-order valence-electron chi connectivity index (χ1n) is 6.11. The summed E-state index contributed by atoms with van der Waals surface area (Å²) in [6.45, 7) is 2.79. The molecule has 1 aromatic rings. The van der Waals surface area contributed by atoms with Gasteiger partial charge < -0.3 is 20.4 Å². The van der Waals surface area contributed by atoms with E-state index in [2.05, 4.69) is 0 Å². The van der Waals surface area contributed by atoms with Gasteiger partial charge in [-0.3, -0.25) is 4.79 Å². The highest BCUT2D eigenvalue weighted by atomic mass is 16.4. The van der Waals surface area contributed by atoms with Gasteiger partial charge in [-0.05, 0) is 49.8 Å². The quantitative estimate of drug-likeness (QED) is 0.613. The second-order valence-electron chi connectivity index (χ2n) is 5.06. The fourth-order valence-electron chi connectivity index (χ4n) is 2.18. The van der Waals surface area contributed by atoms with Gasteiger partial charge in [0, 0.05) is 11.1 Å². The molecule has 0 saturated carbocycles. The second-order valence-corrected chi connectivity index (χ2v) is 5.06. The Bertz CT molecular complexity index is 608. The zero-order chi connectivity index (χ0) is 15.1. The highest BCUT2D eigenvalue weighted by Gasteiger charge is 2.43. The number of ketones is 1. The van der Waals surface area contributed by atoms with Gasteiger partial charge in [0.2, 0.25) is 0 Å². The van der Waals surface area contributed by atoms with Crippen LogP contribution < -0.4 is 0 Å². The molecular formula is C15H16O5. The minimum absolute atomic E-state index is 0.00371. The number of aliphatic hydroxyl groups is 3. The van der Waals surface area contributed by atoms with Crippen LogP contribution in [-0.4, -0.2) is 37.9 Å². The zero-order valence-corrected chi connectivity index (χ0v) is 11.2. The Balaban J connectivity index is 2.45. The largest absolute Gasteiger partial charge is 0.509 e. The van der Waals surface area contributed by atoms with Crippen LogP contribution in [0.2, 0.25) is 0 Å². The smallest absolute Gasteiger partial charge is 0.191 e. The van der Waals surface area contributed by atoms with E-state index in [9.17, 15) is 25.2 Å². The Morgan fingerprint density at radius 2 is 1.75 bits per heavy atom. The van der Waals surface area contributed by atoms with Crippen LogP contribution in [0.5, 0.6) is 5.75 Å². The number of carbonyl (C=O) groups excluding carboxylic acids is 1. The lowest BCUT2D eigenvalue weighted by Gasteiger charge is -2.33. The van der Waals surface area contributed by atoms with Gasteiger partial charge in [0.1, 0.15) is 23.2 Å². The predicted molar refractivity (Wildman–Crippen MR) is 72.5 cm³/mol. The van der Waals surface area contributed by atoms with Gasteiger partial charge in [0.15, 0.2) is 5.78 Å². The van der Waals surface area contributed by atoms with Crippen molar-refractivity contribution < 1.29 is 25.2 Å². The highest BCUT2D eigenvalue weighted by Crippen LogP contribution is 2.33. The molecule has 106 valence electrons. The van der Waals surface area contributed by atoms with Crippen molar-refractivity contribution in [1.29, 1.82) is 0 Å². The molecular weight excluding hydrogens is 260 g/mol. The lowest BCUT2D eigenvalue weighted by atomic mass is 9.81. The molecule has 0 spiro atoms. The third-order valence-corrected chi connectivity index (χ3v) is 3.44. The highest BCUT2D eigenvalue weighted by molar-refractivity contribution is 6.10. The van der Waals surface area contributed by atoms with E-state index in [4.69, 9.17) is 0 Å². The van der Waals surface area contributed by atoms with Gasteiger partial charge >= 0.3 is 0 Å². The maximum absolute atomic E-state index is 12.3. The molecule has 0 amide bonds. The van der Waals surface area contributed by atoms with Crippen LogP contribution in [0.25, 0.3) is 0 Å². The maximum atomic E-state index is 12.3. The van der Waals surface area contributed by atoms with Crippen LogP contribution in [-0.2, 0) is 0 Å². The van der Waals surface area contributed by atoms with E-state index in [0.717, 1.165) is 0 Å². The average Bonchev–Trinajstić information content (AvgIpc) is 2.41. The van der Waals surface area contributed by atoms with Gasteiger partial charge in [0.25, 0.3) is 0 Å². The average molecular weight is 276 g/mol. The number of aliphatic hydroxyl groups excluding tert-OH is 2. The number of allylic oxidation sites excluding steroid dienone is 2. The van der Waals surface area contributed by atoms with E-state index in [-0.39, 0.29) is 22.6 Å². The van der Waals surface area contributed by atoms with Crippen molar-refractivity contribution in [2.24, 2.45) is 0 Å². The van der Waals surface area contributed by atoms with Crippen molar-refractivity contribution in [1.82, 2.24) is 0 Å². The Hall–Kier alpha value is -2.11. The van der Waals surface area contributed by atoms with E-state index >= 15 is 0 Å². The van der Waals surface area contributed by atoms with Gasteiger partial charge in [-0.15, -0.1) is 0 Å². The van der Waals surface area contributed by atoms with Crippen molar-refractivity contribution in [3.8, 4) is 5.75 Å². The Kier molecular flexibility index (Phi) is 3.41. The van der Waals surface area contributed by atoms with E-state index in [1.54, 1.807) is 6.92 Å². The van der Waals surface area contributed by atoms with E-state index < -0.39 is 17.5 Å². The molecule has 4 N–H and O–H groups in total. The predicted octanol–water partition coefficient (Wildman–Crippen LogP) is 1.46. The third kappa shape index (κ3) is 2.21. The molecule has 5 heteroatoms. The maximum Gasteiger partial charge on any atom is 0.191 e. The van der Waals surface area contributed by atoms with Crippen molar-refractivity contribution in [2.75, 3.05) is 0 Å². The van der Waals surface area contributed by atoms with Gasteiger partial charge in [0.05, 0.1) is 0 Å². The summed E-state index contributed by atoms with van der Waals surface area (Å²) in [6, 6.07) is 5.57. The summed E-state index contributed by atoms with van der Waals surface area (Å²) in [7, 11) is 0. The topological polar surface area (TPSA) is 98.0 Å². The van der Waals surface area contributed by atoms with Crippen molar-refractivity contribution in [2.45, 2.75) is 25.6 Å². The fraction of sp³-hybridized carbons (Fsp3) is 0.267. The summed E-state index contributed by atoms with van der Waals surface area (Å²) >= 11 is 0. The Labute approximate surface area is 116 Å². The fourth-order valence-corrected chi connectivity index (χ4v) is 2.18. The van der Waals surface area contributed by atoms with Crippen LogP contribution in [0.3, 0.4) is 0 Å². The van der Waals surface area contributed by atoms with Gasteiger partial charge in [-0.25, -0.2) is 0 Å². The van der Waals surface area contributed by atoms with Gasteiger partial charge in [-0.2, -0.15) is 0 Å². The number of rotatable bonds is 2. The Morgan fingerprint density at radius 3 is 2.30 bits per heavy atom. The molecule has 1 aromatic carbocycles. The number of phenols is 1. The minimum Gasteiger partial charge on any atom is -0.509 e. The van der Waals surface area contributed by atoms with Crippen LogP contribution in [0, 0.1) is 0 Å². The molecule has 0 aromatic heterocycles. The molecule has 0 bridgehead atoms. The third-order valence-electron chi connectivity index (χ3n) is 3.44. The zero-order valence-electron chi connectivity index (χ0n) is 11.2. The molecule has 20 heavy (non-hydrogen) atoms. The molecule has 0 saturated heterocycles. The summed E-state index contributed by atoms with van der Waals surface area (Å²) in [5, 5.41) is 39.2. The number of Topliss-reactive ketones (excluding diaryl/α,β-unsaturated/α-hetero) is 1. The van der Waals surface area contributed by atoms with E-state index in [1.165, 1.54) is 37.3 Å². The summed E-state index contributed by atoms with van der Waals surface area (Å²) in [5.74, 6) is -0.794. The lowest BCUT2D eigenvalue weighted by Crippen LogP contribution is -2.46. The molecule has 0 fully saturated rings. The number of aromatic hydroxyl groups is 1. The van der Waals surface area contributed by atoms with Crippen LogP contribution >= 0.6 is 0 Å². The Morgan fingerprint density at radius 1 is 1.20 bits per heavy atom. The van der Waals surface area contributed by atoms with Crippen LogP contribution in [0.1, 0.15) is 24.2 Å². The van der Waals surface area contributed by atoms with Gasteiger partial charge in [-0.1, -0.05) is 0 Å². The molecule has 5 nitrogen and oxygen atoms in total. The van der Waals surface area contributed by atoms with Crippen molar-refractivity contribution >= 4 is 5.78 Å². The van der Waals surface area contributed by atoms with Crippen molar-refractivity contribution in [3.05, 3.63) is 52.8 Å². The number of benzene rings is 1. The lowest BCUT2D eigenvalue weighted by molar-refractivity contribution is -0.0436. The summed E-state index contributed by atoms with van der Waals surface area (Å²) in [6.07, 6.45) is -0.167. The van der Waals surface area contributed by atoms with Crippen LogP contribution in [0.4, 0.5) is 0 Å². The number of hydrogen-bond donors (Lipinski definition) is 4. The number of carbonyl (C=O) groups is 1. The first-order valence-corrected chi connectivity index (χ1v) is 6.11. The minimum atomic E-state index is -1.90. The molecule has 2 unspecified atom stereocenters. The molecule has 2 rings (SSSR count). The second kappa shape index (κ2) is 4.77. The SMILES string of the molecule is CC1=C(O)C(C)(O)C(O)C(C(=O)c2ccc(O)cc2)=C1.